The molecular formula is C12H15O. The molecule has 0 heterocycles. The lowest BCUT2D eigenvalue weighted by atomic mass is 10.1. The van der Waals surface area contributed by atoms with Gasteiger partial charge in [-0.3, -0.25) is 0 Å². The van der Waals surface area contributed by atoms with Crippen molar-refractivity contribution in [2.45, 2.75) is 25.7 Å². The van der Waals surface area contributed by atoms with Crippen molar-refractivity contribution in [1.29, 1.82) is 0 Å². The van der Waals surface area contributed by atoms with Gasteiger partial charge in [0.05, 0.1) is 6.61 Å². The summed E-state index contributed by atoms with van der Waals surface area (Å²) in [5.74, 6) is 1.79. The van der Waals surface area contributed by atoms with Crippen LogP contribution in [0.2, 0.25) is 0 Å². The number of hydrogen-bond acceptors (Lipinski definition) is 1. The van der Waals surface area contributed by atoms with E-state index in [1.54, 1.807) is 0 Å². The zero-order valence-electron chi connectivity index (χ0n) is 8.05. The third-order valence-corrected chi connectivity index (χ3v) is 2.39. The monoisotopic (exact) mass is 175 g/mol. The molecule has 1 aromatic carbocycles. The number of ether oxygens (including phenoxy) is 1. The van der Waals surface area contributed by atoms with Crippen molar-refractivity contribution >= 4 is 0 Å². The summed E-state index contributed by atoms with van der Waals surface area (Å²) in [5.41, 5.74) is 2.44. The van der Waals surface area contributed by atoms with E-state index in [0.717, 1.165) is 23.8 Å². The maximum Gasteiger partial charge on any atom is 0.122 e. The Balaban J connectivity index is 2.30. The van der Waals surface area contributed by atoms with Crippen LogP contribution in [0.5, 0.6) is 5.75 Å². The van der Waals surface area contributed by atoms with E-state index >= 15 is 0 Å². The smallest absolute Gasteiger partial charge is 0.122 e. The van der Waals surface area contributed by atoms with Crippen LogP contribution in [0.15, 0.2) is 18.2 Å². The zero-order chi connectivity index (χ0) is 9.26. The molecule has 1 aliphatic rings. The lowest BCUT2D eigenvalue weighted by Crippen LogP contribution is -1.95. The van der Waals surface area contributed by atoms with E-state index in [-0.39, 0.29) is 0 Å². The van der Waals surface area contributed by atoms with Crippen molar-refractivity contribution in [2.75, 3.05) is 6.61 Å². The van der Waals surface area contributed by atoms with Crippen LogP contribution in [0.25, 0.3) is 0 Å². The first-order valence-corrected chi connectivity index (χ1v) is 4.90. The largest absolute Gasteiger partial charge is 0.494 e. The Hall–Kier alpha value is -0.980. The number of benzene rings is 1. The van der Waals surface area contributed by atoms with Crippen molar-refractivity contribution < 1.29 is 4.74 Å². The molecule has 0 N–H and O–H groups in total. The molecule has 13 heavy (non-hydrogen) atoms. The van der Waals surface area contributed by atoms with Crippen LogP contribution < -0.4 is 4.74 Å². The summed E-state index contributed by atoms with van der Waals surface area (Å²) in [6.07, 6.45) is 2.62. The minimum Gasteiger partial charge on any atom is -0.494 e. The topological polar surface area (TPSA) is 9.23 Å². The SMILES string of the molecule is [CH2]c1ccc(OCC)c(C2CC2)c1. The van der Waals surface area contributed by atoms with Crippen molar-refractivity contribution in [2.24, 2.45) is 0 Å². The fourth-order valence-corrected chi connectivity index (χ4v) is 1.60. The van der Waals surface area contributed by atoms with Gasteiger partial charge in [-0.1, -0.05) is 12.1 Å². The summed E-state index contributed by atoms with van der Waals surface area (Å²) in [7, 11) is 0. The molecule has 0 unspecified atom stereocenters. The highest BCUT2D eigenvalue weighted by Gasteiger charge is 2.26. The molecule has 1 fully saturated rings. The molecule has 0 atom stereocenters. The Kier molecular flexibility index (Phi) is 2.26. The van der Waals surface area contributed by atoms with Gasteiger partial charge in [-0.25, -0.2) is 0 Å². The minimum atomic E-state index is 0.739. The predicted molar refractivity (Wildman–Crippen MR) is 54.0 cm³/mol. The van der Waals surface area contributed by atoms with Crippen molar-refractivity contribution in [3.63, 3.8) is 0 Å². The van der Waals surface area contributed by atoms with Gasteiger partial charge < -0.3 is 4.74 Å². The van der Waals surface area contributed by atoms with E-state index in [1.165, 1.54) is 18.4 Å². The normalized spacial score (nSPS) is 15.8. The average molecular weight is 175 g/mol. The summed E-state index contributed by atoms with van der Waals surface area (Å²) >= 11 is 0. The molecule has 1 heteroatoms. The molecular weight excluding hydrogens is 160 g/mol. The third kappa shape index (κ3) is 1.85. The van der Waals surface area contributed by atoms with E-state index in [4.69, 9.17) is 4.74 Å². The van der Waals surface area contributed by atoms with E-state index in [0.29, 0.717) is 0 Å². The van der Waals surface area contributed by atoms with Gasteiger partial charge in [0.25, 0.3) is 0 Å². The lowest BCUT2D eigenvalue weighted by molar-refractivity contribution is 0.336. The Labute approximate surface area is 79.7 Å². The zero-order valence-corrected chi connectivity index (χ0v) is 8.05. The van der Waals surface area contributed by atoms with Gasteiger partial charge >= 0.3 is 0 Å². The molecule has 1 saturated carbocycles. The second kappa shape index (κ2) is 3.41. The summed E-state index contributed by atoms with van der Waals surface area (Å²) in [4.78, 5) is 0. The molecule has 1 aromatic rings. The first kappa shape index (κ1) is 8.61. The highest BCUT2D eigenvalue weighted by atomic mass is 16.5. The second-order valence-electron chi connectivity index (χ2n) is 3.58. The first-order valence-electron chi connectivity index (χ1n) is 4.90. The maximum absolute atomic E-state index is 5.57. The number of hydrogen-bond donors (Lipinski definition) is 0. The van der Waals surface area contributed by atoms with Gasteiger partial charge in [0.1, 0.15) is 5.75 Å². The molecule has 1 aliphatic carbocycles. The van der Waals surface area contributed by atoms with Crippen LogP contribution >= 0.6 is 0 Å². The van der Waals surface area contributed by atoms with Gasteiger partial charge in [0.2, 0.25) is 0 Å². The van der Waals surface area contributed by atoms with Crippen LogP contribution in [0.1, 0.15) is 36.8 Å². The van der Waals surface area contributed by atoms with E-state index < -0.39 is 0 Å². The highest BCUT2D eigenvalue weighted by Crippen LogP contribution is 2.44. The molecule has 0 saturated heterocycles. The summed E-state index contributed by atoms with van der Waals surface area (Å²) < 4.78 is 5.57. The maximum atomic E-state index is 5.57. The molecule has 1 nitrogen and oxygen atoms in total. The molecule has 0 bridgehead atoms. The summed E-state index contributed by atoms with van der Waals surface area (Å²) in [6.45, 7) is 6.71. The van der Waals surface area contributed by atoms with E-state index in [2.05, 4.69) is 13.0 Å². The molecule has 2 rings (SSSR count). The molecule has 0 aliphatic heterocycles. The van der Waals surface area contributed by atoms with Crippen LogP contribution in [0, 0.1) is 6.92 Å². The number of rotatable bonds is 3. The highest BCUT2D eigenvalue weighted by molar-refractivity contribution is 5.42. The van der Waals surface area contributed by atoms with Crippen LogP contribution in [-0.2, 0) is 0 Å². The molecule has 0 aromatic heterocycles. The Morgan fingerprint density at radius 2 is 2.23 bits per heavy atom. The Morgan fingerprint density at radius 1 is 1.46 bits per heavy atom. The van der Waals surface area contributed by atoms with E-state index in [9.17, 15) is 0 Å². The molecule has 0 amide bonds. The second-order valence-corrected chi connectivity index (χ2v) is 3.58. The fraction of sp³-hybridized carbons (Fsp3) is 0.417. The molecule has 69 valence electrons. The molecule has 0 spiro atoms. The van der Waals surface area contributed by atoms with Gasteiger partial charge in [0, 0.05) is 0 Å². The van der Waals surface area contributed by atoms with Crippen molar-refractivity contribution in [3.8, 4) is 5.75 Å². The average Bonchev–Trinajstić information content (AvgIpc) is 2.91. The van der Waals surface area contributed by atoms with Crippen LogP contribution in [0.4, 0.5) is 0 Å². The van der Waals surface area contributed by atoms with E-state index in [1.807, 2.05) is 19.1 Å². The van der Waals surface area contributed by atoms with Gasteiger partial charge in [-0.15, -0.1) is 0 Å². The van der Waals surface area contributed by atoms with Crippen molar-refractivity contribution in [1.82, 2.24) is 0 Å². The summed E-state index contributed by atoms with van der Waals surface area (Å²) in [6, 6.07) is 6.21. The van der Waals surface area contributed by atoms with Crippen LogP contribution in [0.3, 0.4) is 0 Å². The van der Waals surface area contributed by atoms with Crippen molar-refractivity contribution in [3.05, 3.63) is 36.2 Å². The predicted octanol–water partition coefficient (Wildman–Crippen LogP) is 3.14. The van der Waals surface area contributed by atoms with Gasteiger partial charge in [0.15, 0.2) is 0 Å². The van der Waals surface area contributed by atoms with Gasteiger partial charge in [-0.05, 0) is 49.8 Å². The minimum absolute atomic E-state index is 0.739. The summed E-state index contributed by atoms with van der Waals surface area (Å²) in [5, 5.41) is 0. The Morgan fingerprint density at radius 3 is 2.85 bits per heavy atom. The van der Waals surface area contributed by atoms with Crippen LogP contribution in [-0.4, -0.2) is 6.61 Å². The Bertz CT molecular complexity index is 300. The quantitative estimate of drug-likeness (QED) is 0.685. The first-order chi connectivity index (χ1) is 6.31. The lowest BCUT2D eigenvalue weighted by Gasteiger charge is -2.09. The standard InChI is InChI=1S/C12H15O/c1-3-13-12-7-4-9(2)8-11(12)10-5-6-10/h4,7-8,10H,2-3,5-6H2,1H3. The third-order valence-electron chi connectivity index (χ3n) is 2.39. The van der Waals surface area contributed by atoms with Gasteiger partial charge in [-0.2, -0.15) is 0 Å². The molecule has 1 radical (unpaired) electrons. The fourth-order valence-electron chi connectivity index (χ4n) is 1.60.